The largest absolute Gasteiger partial charge is 0.504 e. The average Bonchev–Trinajstić information content (AvgIpc) is 3.04. The predicted molar refractivity (Wildman–Crippen MR) is 100 cm³/mol. The van der Waals surface area contributed by atoms with E-state index in [2.05, 4.69) is 22.0 Å². The minimum atomic E-state index is 0.222. The van der Waals surface area contributed by atoms with E-state index in [1.807, 2.05) is 12.1 Å². The van der Waals surface area contributed by atoms with Crippen molar-refractivity contribution in [1.29, 1.82) is 0 Å². The normalized spacial score (nSPS) is 18.9. The van der Waals surface area contributed by atoms with Crippen molar-refractivity contribution in [1.82, 2.24) is 9.88 Å². The molecule has 134 valence electrons. The highest BCUT2D eigenvalue weighted by atomic mass is 16.5. The molecule has 5 heteroatoms. The molecule has 1 aromatic heterocycles. The minimum Gasteiger partial charge on any atom is -0.504 e. The van der Waals surface area contributed by atoms with Gasteiger partial charge in [0.25, 0.3) is 0 Å². The zero-order valence-corrected chi connectivity index (χ0v) is 15.0. The van der Waals surface area contributed by atoms with Crippen LogP contribution in [0.5, 0.6) is 17.2 Å². The summed E-state index contributed by atoms with van der Waals surface area (Å²) in [6, 6.07) is 10.4. The fourth-order valence-electron chi connectivity index (χ4n) is 4.60. The number of hydrogen-bond donors (Lipinski definition) is 2. The number of aromatic amines is 1. The molecule has 3 aromatic rings. The van der Waals surface area contributed by atoms with Gasteiger partial charge < -0.3 is 19.6 Å². The number of ether oxygens (including phenoxy) is 2. The molecule has 3 heterocycles. The molecule has 0 spiro atoms. The number of aromatic nitrogens is 1. The SMILES string of the molecule is COc1ccc2[nH]c3c(c2c1)CCN1Cc2c(ccc(O)c2OC)C[C@@H]31. The van der Waals surface area contributed by atoms with Crippen LogP contribution in [0.2, 0.25) is 0 Å². The van der Waals surface area contributed by atoms with Crippen molar-refractivity contribution in [3.05, 3.63) is 52.7 Å². The van der Waals surface area contributed by atoms with Crippen molar-refractivity contribution in [3.8, 4) is 17.2 Å². The molecule has 5 nitrogen and oxygen atoms in total. The summed E-state index contributed by atoms with van der Waals surface area (Å²) in [5.41, 5.74) is 6.27. The van der Waals surface area contributed by atoms with E-state index in [4.69, 9.17) is 9.47 Å². The lowest BCUT2D eigenvalue weighted by atomic mass is 9.86. The van der Waals surface area contributed by atoms with Gasteiger partial charge in [0, 0.05) is 35.2 Å². The van der Waals surface area contributed by atoms with Gasteiger partial charge in [-0.25, -0.2) is 0 Å². The number of rotatable bonds is 2. The number of methoxy groups -OCH3 is 2. The van der Waals surface area contributed by atoms with E-state index >= 15 is 0 Å². The van der Waals surface area contributed by atoms with Crippen LogP contribution in [-0.2, 0) is 19.4 Å². The zero-order valence-electron chi connectivity index (χ0n) is 15.0. The first-order valence-corrected chi connectivity index (χ1v) is 9.00. The molecule has 26 heavy (non-hydrogen) atoms. The van der Waals surface area contributed by atoms with E-state index in [-0.39, 0.29) is 5.75 Å². The topological polar surface area (TPSA) is 57.7 Å². The molecule has 2 aliphatic heterocycles. The molecule has 0 fully saturated rings. The lowest BCUT2D eigenvalue weighted by Gasteiger charge is -2.40. The molecule has 0 saturated carbocycles. The summed E-state index contributed by atoms with van der Waals surface area (Å²) in [7, 11) is 3.34. The van der Waals surface area contributed by atoms with Crippen LogP contribution in [0.1, 0.15) is 28.4 Å². The number of nitrogens with zero attached hydrogens (tertiary/aromatic N) is 1. The van der Waals surface area contributed by atoms with Crippen LogP contribution in [0.4, 0.5) is 0 Å². The second-order valence-corrected chi connectivity index (χ2v) is 7.12. The molecule has 0 unspecified atom stereocenters. The number of phenols is 1. The molecule has 0 saturated heterocycles. The molecular formula is C21H22N2O3. The third-order valence-electron chi connectivity index (χ3n) is 5.88. The Kier molecular flexibility index (Phi) is 3.40. The van der Waals surface area contributed by atoms with E-state index in [0.717, 1.165) is 37.2 Å². The molecule has 2 aromatic carbocycles. The summed E-state index contributed by atoms with van der Waals surface area (Å²) >= 11 is 0. The number of H-pyrrole nitrogens is 1. The van der Waals surface area contributed by atoms with Gasteiger partial charge >= 0.3 is 0 Å². The van der Waals surface area contributed by atoms with E-state index in [1.165, 1.54) is 27.7 Å². The Morgan fingerprint density at radius 1 is 1.12 bits per heavy atom. The molecule has 1 atom stereocenters. The lowest BCUT2D eigenvalue weighted by Crippen LogP contribution is -2.39. The van der Waals surface area contributed by atoms with Gasteiger partial charge in [0.2, 0.25) is 0 Å². The van der Waals surface area contributed by atoms with Gasteiger partial charge in [0.1, 0.15) is 5.75 Å². The Balaban J connectivity index is 1.61. The Morgan fingerprint density at radius 3 is 2.81 bits per heavy atom. The molecule has 2 aliphatic rings. The summed E-state index contributed by atoms with van der Waals surface area (Å²) in [5, 5.41) is 11.4. The monoisotopic (exact) mass is 350 g/mol. The van der Waals surface area contributed by atoms with Gasteiger partial charge in [0.05, 0.1) is 20.3 Å². The second kappa shape index (κ2) is 5.68. The van der Waals surface area contributed by atoms with Gasteiger partial charge in [-0.2, -0.15) is 0 Å². The fraction of sp³-hybridized carbons (Fsp3) is 0.333. The molecule has 0 bridgehead atoms. The lowest BCUT2D eigenvalue weighted by molar-refractivity contribution is 0.155. The first-order valence-electron chi connectivity index (χ1n) is 9.00. The van der Waals surface area contributed by atoms with Crippen molar-refractivity contribution in [2.75, 3.05) is 20.8 Å². The Hall–Kier alpha value is -2.66. The first kappa shape index (κ1) is 15.6. The van der Waals surface area contributed by atoms with Gasteiger partial charge in [-0.05, 0) is 48.2 Å². The Bertz CT molecular complexity index is 1010. The first-order chi connectivity index (χ1) is 12.7. The zero-order chi connectivity index (χ0) is 17.8. The van der Waals surface area contributed by atoms with E-state index in [0.29, 0.717) is 11.8 Å². The maximum absolute atomic E-state index is 10.1. The quantitative estimate of drug-likeness (QED) is 0.742. The highest BCUT2D eigenvalue weighted by molar-refractivity contribution is 5.86. The number of phenolic OH excluding ortho intramolecular Hbond substituents is 1. The van der Waals surface area contributed by atoms with Crippen LogP contribution in [0.15, 0.2) is 30.3 Å². The standard InChI is InChI=1S/C21H22N2O3/c1-25-13-4-5-17-15(10-13)14-7-8-23-11-16-12(9-18(23)20(14)22-17)3-6-19(24)21(16)26-2/h3-6,10,18,22,24H,7-9,11H2,1-2H3/t18-/m0/s1. The maximum Gasteiger partial charge on any atom is 0.165 e. The average molecular weight is 350 g/mol. The summed E-state index contributed by atoms with van der Waals surface area (Å²) in [4.78, 5) is 6.14. The minimum absolute atomic E-state index is 0.222. The number of hydrogen-bond acceptors (Lipinski definition) is 4. The highest BCUT2D eigenvalue weighted by Crippen LogP contribution is 2.44. The van der Waals surface area contributed by atoms with Crippen molar-refractivity contribution in [2.24, 2.45) is 0 Å². The van der Waals surface area contributed by atoms with Gasteiger partial charge in [-0.3, -0.25) is 4.90 Å². The van der Waals surface area contributed by atoms with Crippen molar-refractivity contribution < 1.29 is 14.6 Å². The summed E-state index contributed by atoms with van der Waals surface area (Å²) in [6.07, 6.45) is 1.93. The van der Waals surface area contributed by atoms with Gasteiger partial charge in [-0.15, -0.1) is 0 Å². The van der Waals surface area contributed by atoms with E-state index in [1.54, 1.807) is 20.3 Å². The molecule has 0 amide bonds. The van der Waals surface area contributed by atoms with Crippen LogP contribution in [0.3, 0.4) is 0 Å². The number of nitrogens with one attached hydrogen (secondary N) is 1. The van der Waals surface area contributed by atoms with Crippen LogP contribution in [0, 0.1) is 0 Å². The van der Waals surface area contributed by atoms with Crippen LogP contribution >= 0.6 is 0 Å². The van der Waals surface area contributed by atoms with Crippen molar-refractivity contribution >= 4 is 10.9 Å². The molecular weight excluding hydrogens is 328 g/mol. The van der Waals surface area contributed by atoms with E-state index < -0.39 is 0 Å². The number of benzene rings is 2. The van der Waals surface area contributed by atoms with Crippen molar-refractivity contribution in [3.63, 3.8) is 0 Å². The highest BCUT2D eigenvalue weighted by Gasteiger charge is 2.35. The number of fused-ring (bicyclic) bond motifs is 6. The summed E-state index contributed by atoms with van der Waals surface area (Å²) in [5.74, 6) is 1.74. The van der Waals surface area contributed by atoms with Crippen LogP contribution in [0.25, 0.3) is 10.9 Å². The van der Waals surface area contributed by atoms with Crippen LogP contribution < -0.4 is 9.47 Å². The predicted octanol–water partition coefficient (Wildman–Crippen LogP) is 3.55. The third kappa shape index (κ3) is 2.13. The van der Waals surface area contributed by atoms with Crippen LogP contribution in [-0.4, -0.2) is 35.8 Å². The Morgan fingerprint density at radius 2 is 2.00 bits per heavy atom. The molecule has 0 radical (unpaired) electrons. The van der Waals surface area contributed by atoms with E-state index in [9.17, 15) is 5.11 Å². The smallest absolute Gasteiger partial charge is 0.165 e. The van der Waals surface area contributed by atoms with Gasteiger partial charge in [0.15, 0.2) is 11.5 Å². The summed E-state index contributed by atoms with van der Waals surface area (Å²) < 4.78 is 10.9. The maximum atomic E-state index is 10.1. The summed E-state index contributed by atoms with van der Waals surface area (Å²) in [6.45, 7) is 1.80. The molecule has 0 aliphatic carbocycles. The Labute approximate surface area is 152 Å². The fourth-order valence-corrected chi connectivity index (χ4v) is 4.60. The van der Waals surface area contributed by atoms with Crippen molar-refractivity contribution in [2.45, 2.75) is 25.4 Å². The van der Waals surface area contributed by atoms with Gasteiger partial charge in [-0.1, -0.05) is 6.07 Å². The third-order valence-corrected chi connectivity index (χ3v) is 5.88. The molecule has 2 N–H and O–H groups in total. The molecule has 5 rings (SSSR count). The second-order valence-electron chi connectivity index (χ2n) is 7.12. The number of aromatic hydroxyl groups is 1.